The molecule has 2 N–H and O–H groups in total. The van der Waals surface area contributed by atoms with Gasteiger partial charge in [-0.3, -0.25) is 0 Å². The Balaban J connectivity index is 1.71. The van der Waals surface area contributed by atoms with Crippen LogP contribution in [0.4, 0.5) is 5.69 Å². The van der Waals surface area contributed by atoms with Crippen LogP contribution in [0, 0.1) is 0 Å². The lowest BCUT2D eigenvalue weighted by Gasteiger charge is -2.24. The van der Waals surface area contributed by atoms with Gasteiger partial charge in [0.2, 0.25) is 0 Å². The van der Waals surface area contributed by atoms with Crippen molar-refractivity contribution in [3.8, 4) is 0 Å². The molecule has 1 aromatic heterocycles. The van der Waals surface area contributed by atoms with Gasteiger partial charge in [-0.05, 0) is 31.7 Å². The summed E-state index contributed by atoms with van der Waals surface area (Å²) < 4.78 is 12.9. The molecule has 0 radical (unpaired) electrons. The first kappa shape index (κ1) is 13.5. The highest BCUT2D eigenvalue weighted by molar-refractivity contribution is 5.88. The summed E-state index contributed by atoms with van der Waals surface area (Å²) in [4.78, 5) is 11.7. The number of carbonyl (C=O) groups is 1. The van der Waals surface area contributed by atoms with Gasteiger partial charge >= 0.3 is 5.97 Å². The van der Waals surface area contributed by atoms with Crippen molar-refractivity contribution in [2.24, 2.45) is 0 Å². The summed E-state index contributed by atoms with van der Waals surface area (Å²) >= 11 is 0. The van der Waals surface area contributed by atoms with E-state index in [2.05, 4.69) is 0 Å². The van der Waals surface area contributed by atoms with E-state index >= 15 is 0 Å². The Bertz CT molecular complexity index is 503. The first-order valence-corrected chi connectivity index (χ1v) is 7.34. The lowest BCUT2D eigenvalue weighted by Crippen LogP contribution is -2.27. The van der Waals surface area contributed by atoms with Crippen molar-refractivity contribution in [1.82, 2.24) is 4.57 Å². The standard InChI is InChI=1S/C15H22N2O3/c1-19-14(18)13-8-11(16)9-17(13)10-12-4-7-15(20-12)5-2-3-6-15/h8-9,12H,2-7,10,16H2,1H3. The molecule has 2 fully saturated rings. The molecule has 110 valence electrons. The van der Waals surface area contributed by atoms with Crippen molar-refractivity contribution < 1.29 is 14.3 Å². The van der Waals surface area contributed by atoms with E-state index in [0.717, 1.165) is 12.8 Å². The van der Waals surface area contributed by atoms with Crippen LogP contribution in [-0.4, -0.2) is 29.4 Å². The third kappa shape index (κ3) is 2.42. The average Bonchev–Trinajstić information content (AvgIpc) is 3.13. The molecule has 1 aliphatic carbocycles. The molecule has 1 unspecified atom stereocenters. The Morgan fingerprint density at radius 3 is 2.95 bits per heavy atom. The normalized spacial score (nSPS) is 24.4. The zero-order chi connectivity index (χ0) is 14.2. The lowest BCUT2D eigenvalue weighted by molar-refractivity contribution is -0.0419. The number of anilines is 1. The molecular weight excluding hydrogens is 256 g/mol. The van der Waals surface area contributed by atoms with E-state index in [-0.39, 0.29) is 17.7 Å². The van der Waals surface area contributed by atoms with Gasteiger partial charge in [-0.25, -0.2) is 4.79 Å². The number of ether oxygens (including phenoxy) is 2. The second-order valence-electron chi connectivity index (χ2n) is 5.97. The quantitative estimate of drug-likeness (QED) is 0.862. The van der Waals surface area contributed by atoms with Gasteiger partial charge in [0.25, 0.3) is 0 Å². The van der Waals surface area contributed by atoms with Crippen LogP contribution in [0.2, 0.25) is 0 Å². The summed E-state index contributed by atoms with van der Waals surface area (Å²) in [6.45, 7) is 0.670. The second-order valence-corrected chi connectivity index (χ2v) is 5.97. The van der Waals surface area contributed by atoms with Crippen molar-refractivity contribution in [1.29, 1.82) is 0 Å². The molecule has 5 nitrogen and oxygen atoms in total. The number of esters is 1. The minimum absolute atomic E-state index is 0.120. The van der Waals surface area contributed by atoms with E-state index < -0.39 is 0 Å². The first-order valence-electron chi connectivity index (χ1n) is 7.34. The molecule has 1 atom stereocenters. The monoisotopic (exact) mass is 278 g/mol. The van der Waals surface area contributed by atoms with Gasteiger partial charge in [-0.2, -0.15) is 0 Å². The number of methoxy groups -OCH3 is 1. The summed E-state index contributed by atoms with van der Waals surface area (Å²) in [5.41, 5.74) is 7.00. The topological polar surface area (TPSA) is 66.5 Å². The predicted molar refractivity (Wildman–Crippen MR) is 75.5 cm³/mol. The maximum atomic E-state index is 11.7. The third-order valence-corrected chi connectivity index (χ3v) is 4.57. The van der Waals surface area contributed by atoms with E-state index in [1.165, 1.54) is 32.8 Å². The Morgan fingerprint density at radius 1 is 1.50 bits per heavy atom. The number of hydrogen-bond donors (Lipinski definition) is 1. The number of nitrogens with zero attached hydrogens (tertiary/aromatic N) is 1. The van der Waals surface area contributed by atoms with Crippen molar-refractivity contribution in [3.05, 3.63) is 18.0 Å². The maximum absolute atomic E-state index is 11.7. The molecule has 3 rings (SSSR count). The van der Waals surface area contributed by atoms with E-state index in [4.69, 9.17) is 15.2 Å². The SMILES string of the molecule is COC(=O)c1cc(N)cn1CC1CCC2(CCCC2)O1. The molecule has 2 heterocycles. The van der Waals surface area contributed by atoms with Crippen LogP contribution in [-0.2, 0) is 16.0 Å². The first-order chi connectivity index (χ1) is 9.62. The van der Waals surface area contributed by atoms with Crippen molar-refractivity contribution >= 4 is 11.7 Å². The zero-order valence-electron chi connectivity index (χ0n) is 11.9. The largest absolute Gasteiger partial charge is 0.464 e. The summed E-state index contributed by atoms with van der Waals surface area (Å²) in [5, 5.41) is 0. The Morgan fingerprint density at radius 2 is 2.25 bits per heavy atom. The van der Waals surface area contributed by atoms with Crippen LogP contribution in [0.5, 0.6) is 0 Å². The molecular formula is C15H22N2O3. The fraction of sp³-hybridized carbons (Fsp3) is 0.667. The van der Waals surface area contributed by atoms with Crippen LogP contribution >= 0.6 is 0 Å². The highest BCUT2D eigenvalue weighted by Gasteiger charge is 2.42. The average molecular weight is 278 g/mol. The fourth-order valence-corrected chi connectivity index (χ4v) is 3.59. The van der Waals surface area contributed by atoms with Crippen molar-refractivity contribution in [3.63, 3.8) is 0 Å². The summed E-state index contributed by atoms with van der Waals surface area (Å²) in [7, 11) is 1.38. The Kier molecular flexibility index (Phi) is 3.46. The molecule has 1 aliphatic heterocycles. The minimum atomic E-state index is -0.352. The van der Waals surface area contributed by atoms with Crippen molar-refractivity contribution in [2.75, 3.05) is 12.8 Å². The molecule has 5 heteroatoms. The lowest BCUT2D eigenvalue weighted by atomic mass is 9.98. The number of aromatic nitrogens is 1. The minimum Gasteiger partial charge on any atom is -0.464 e. The summed E-state index contributed by atoms with van der Waals surface area (Å²) in [5.74, 6) is -0.352. The highest BCUT2D eigenvalue weighted by Crippen LogP contribution is 2.43. The van der Waals surface area contributed by atoms with Crippen molar-refractivity contribution in [2.45, 2.75) is 56.8 Å². The number of nitrogen functional groups attached to an aromatic ring is 1. The molecule has 1 spiro atoms. The molecule has 0 amide bonds. The van der Waals surface area contributed by atoms with Crippen LogP contribution < -0.4 is 5.73 Å². The van der Waals surface area contributed by atoms with Gasteiger partial charge < -0.3 is 19.8 Å². The second kappa shape index (κ2) is 5.13. The summed E-state index contributed by atoms with van der Waals surface area (Å²) in [6, 6.07) is 1.66. The number of rotatable bonds is 3. The van der Waals surface area contributed by atoms with Crippen LogP contribution in [0.3, 0.4) is 0 Å². The molecule has 2 aliphatic rings. The summed E-state index contributed by atoms with van der Waals surface area (Å²) in [6.07, 6.45) is 9.06. The highest BCUT2D eigenvalue weighted by atomic mass is 16.5. The molecule has 20 heavy (non-hydrogen) atoms. The van der Waals surface area contributed by atoms with E-state index in [1.54, 1.807) is 12.3 Å². The predicted octanol–water partition coefficient (Wildman–Crippen LogP) is 2.35. The third-order valence-electron chi connectivity index (χ3n) is 4.57. The van der Waals surface area contributed by atoms with Gasteiger partial charge in [-0.1, -0.05) is 12.8 Å². The molecule has 0 bridgehead atoms. The van der Waals surface area contributed by atoms with Gasteiger partial charge in [0.05, 0.1) is 24.5 Å². The number of hydrogen-bond acceptors (Lipinski definition) is 4. The number of carbonyl (C=O) groups excluding carboxylic acids is 1. The van der Waals surface area contributed by atoms with Gasteiger partial charge in [0.1, 0.15) is 5.69 Å². The van der Waals surface area contributed by atoms with Crippen LogP contribution in [0.25, 0.3) is 0 Å². The zero-order valence-corrected chi connectivity index (χ0v) is 11.9. The smallest absolute Gasteiger partial charge is 0.354 e. The van der Waals surface area contributed by atoms with E-state index in [1.807, 2.05) is 4.57 Å². The number of nitrogens with two attached hydrogens (primary N) is 1. The van der Waals surface area contributed by atoms with E-state index in [9.17, 15) is 4.79 Å². The van der Waals surface area contributed by atoms with Gasteiger partial charge in [-0.15, -0.1) is 0 Å². The van der Waals surface area contributed by atoms with E-state index in [0.29, 0.717) is 17.9 Å². The van der Waals surface area contributed by atoms with Crippen LogP contribution in [0.15, 0.2) is 12.3 Å². The maximum Gasteiger partial charge on any atom is 0.354 e. The Labute approximate surface area is 119 Å². The van der Waals surface area contributed by atoms with Crippen LogP contribution in [0.1, 0.15) is 49.0 Å². The molecule has 0 aromatic carbocycles. The fourth-order valence-electron chi connectivity index (χ4n) is 3.59. The molecule has 1 aromatic rings. The molecule has 1 saturated heterocycles. The van der Waals surface area contributed by atoms with Gasteiger partial charge in [0.15, 0.2) is 0 Å². The molecule has 1 saturated carbocycles. The Hall–Kier alpha value is -1.49. The van der Waals surface area contributed by atoms with Gasteiger partial charge in [0, 0.05) is 12.7 Å².